The molecule has 1 atom stereocenters. The van der Waals surface area contributed by atoms with Crippen LogP contribution in [0, 0.1) is 5.92 Å². The predicted molar refractivity (Wildman–Crippen MR) is 107 cm³/mol. The van der Waals surface area contributed by atoms with E-state index in [2.05, 4.69) is 10.6 Å². The van der Waals surface area contributed by atoms with Crippen LogP contribution in [0.5, 0.6) is 5.75 Å². The Labute approximate surface area is 171 Å². The van der Waals surface area contributed by atoms with Gasteiger partial charge in [-0.15, -0.1) is 0 Å². The monoisotopic (exact) mass is 421 g/mol. The van der Waals surface area contributed by atoms with Gasteiger partial charge in [0, 0.05) is 22.3 Å². The number of hydrogen-bond donors (Lipinski definition) is 2. The quantitative estimate of drug-likeness (QED) is 0.720. The number of nitrogens with zero attached hydrogens (tertiary/aromatic N) is 1. The lowest BCUT2D eigenvalue weighted by Crippen LogP contribution is -2.58. The molecule has 0 aliphatic carbocycles. The summed E-state index contributed by atoms with van der Waals surface area (Å²) in [6, 6.07) is 10.4. The van der Waals surface area contributed by atoms with Crippen molar-refractivity contribution in [3.8, 4) is 5.75 Å². The molecule has 1 aliphatic rings. The minimum atomic E-state index is -1.10. The summed E-state index contributed by atoms with van der Waals surface area (Å²) in [4.78, 5) is 38.6. The second-order valence-corrected chi connectivity index (χ2v) is 6.86. The molecule has 0 aromatic heterocycles. The molecular formula is C19H17Cl2N3O4. The summed E-state index contributed by atoms with van der Waals surface area (Å²) in [7, 11) is 0. The summed E-state index contributed by atoms with van der Waals surface area (Å²) in [6.07, 6.45) is 0. The first-order valence-electron chi connectivity index (χ1n) is 8.50. The predicted octanol–water partition coefficient (Wildman–Crippen LogP) is 3.70. The van der Waals surface area contributed by atoms with E-state index in [-0.39, 0.29) is 6.54 Å². The average Bonchev–Trinajstić information content (AvgIpc) is 2.62. The molecule has 0 bridgehead atoms. The van der Waals surface area contributed by atoms with Crippen molar-refractivity contribution in [1.29, 1.82) is 0 Å². The molecule has 7 nitrogen and oxygen atoms in total. The molecule has 28 heavy (non-hydrogen) atoms. The molecule has 1 unspecified atom stereocenters. The van der Waals surface area contributed by atoms with Gasteiger partial charge in [-0.05, 0) is 49.4 Å². The zero-order chi connectivity index (χ0) is 20.3. The normalized spacial score (nSPS) is 16.5. The van der Waals surface area contributed by atoms with Gasteiger partial charge >= 0.3 is 6.03 Å². The molecular weight excluding hydrogens is 405 g/mol. The highest BCUT2D eigenvalue weighted by molar-refractivity contribution is 6.35. The molecule has 3 rings (SSSR count). The number of rotatable bonds is 5. The highest BCUT2D eigenvalue weighted by Gasteiger charge is 2.39. The summed E-state index contributed by atoms with van der Waals surface area (Å²) in [6.45, 7) is 2.25. The third-order valence-corrected chi connectivity index (χ3v) is 4.47. The number of urea groups is 1. The van der Waals surface area contributed by atoms with Gasteiger partial charge in [-0.1, -0.05) is 23.2 Å². The SMILES string of the molecule is CCOc1ccc(N2C(=O)NCC(C(=O)Nc3cc(Cl)cc(Cl)c3)C2=O)cc1. The van der Waals surface area contributed by atoms with Crippen LogP contribution in [0.2, 0.25) is 10.0 Å². The lowest BCUT2D eigenvalue weighted by Gasteiger charge is -2.30. The Morgan fingerprint density at radius 3 is 2.43 bits per heavy atom. The number of benzene rings is 2. The first kappa shape index (κ1) is 20.0. The summed E-state index contributed by atoms with van der Waals surface area (Å²) < 4.78 is 5.36. The van der Waals surface area contributed by atoms with Crippen molar-refractivity contribution in [2.75, 3.05) is 23.4 Å². The number of amides is 4. The van der Waals surface area contributed by atoms with E-state index in [0.717, 1.165) is 4.90 Å². The van der Waals surface area contributed by atoms with E-state index in [1.807, 2.05) is 6.92 Å². The van der Waals surface area contributed by atoms with Gasteiger partial charge in [0.25, 0.3) is 0 Å². The van der Waals surface area contributed by atoms with Crippen LogP contribution in [-0.4, -0.2) is 31.0 Å². The van der Waals surface area contributed by atoms with E-state index < -0.39 is 23.8 Å². The van der Waals surface area contributed by atoms with Crippen molar-refractivity contribution in [2.24, 2.45) is 5.92 Å². The van der Waals surface area contributed by atoms with Gasteiger partial charge in [-0.3, -0.25) is 9.59 Å². The van der Waals surface area contributed by atoms with Crippen molar-refractivity contribution < 1.29 is 19.1 Å². The molecule has 1 aliphatic heterocycles. The highest BCUT2D eigenvalue weighted by atomic mass is 35.5. The zero-order valence-corrected chi connectivity index (χ0v) is 16.4. The number of anilines is 2. The van der Waals surface area contributed by atoms with Gasteiger partial charge in [0.1, 0.15) is 11.7 Å². The topological polar surface area (TPSA) is 87.7 Å². The maximum atomic E-state index is 12.8. The summed E-state index contributed by atoms with van der Waals surface area (Å²) in [5.41, 5.74) is 0.703. The fraction of sp³-hybridized carbons (Fsp3) is 0.211. The number of imide groups is 1. The number of carbonyl (C=O) groups is 3. The van der Waals surface area contributed by atoms with Crippen LogP contribution in [0.25, 0.3) is 0 Å². The van der Waals surface area contributed by atoms with Gasteiger partial charge in [0.05, 0.1) is 12.3 Å². The third kappa shape index (κ3) is 4.37. The number of carbonyl (C=O) groups excluding carboxylic acids is 3. The lowest BCUT2D eigenvalue weighted by molar-refractivity contribution is -0.130. The molecule has 1 saturated heterocycles. The minimum absolute atomic E-state index is 0.106. The summed E-state index contributed by atoms with van der Waals surface area (Å²) in [5.74, 6) is -1.68. The first-order valence-corrected chi connectivity index (χ1v) is 9.26. The van der Waals surface area contributed by atoms with E-state index >= 15 is 0 Å². The fourth-order valence-electron chi connectivity index (χ4n) is 2.77. The van der Waals surface area contributed by atoms with Crippen LogP contribution in [0.15, 0.2) is 42.5 Å². The van der Waals surface area contributed by atoms with Crippen LogP contribution in [-0.2, 0) is 9.59 Å². The molecule has 1 fully saturated rings. The van der Waals surface area contributed by atoms with E-state index in [9.17, 15) is 14.4 Å². The molecule has 146 valence electrons. The van der Waals surface area contributed by atoms with Crippen LogP contribution >= 0.6 is 23.2 Å². The van der Waals surface area contributed by atoms with E-state index in [1.165, 1.54) is 18.2 Å². The van der Waals surface area contributed by atoms with Crippen molar-refractivity contribution in [1.82, 2.24) is 5.32 Å². The van der Waals surface area contributed by atoms with Crippen LogP contribution in [0.4, 0.5) is 16.2 Å². The second-order valence-electron chi connectivity index (χ2n) is 5.99. The van der Waals surface area contributed by atoms with Crippen LogP contribution < -0.4 is 20.3 Å². The molecule has 4 amide bonds. The number of nitrogens with one attached hydrogen (secondary N) is 2. The Morgan fingerprint density at radius 1 is 1.18 bits per heavy atom. The molecule has 1 heterocycles. The van der Waals surface area contributed by atoms with E-state index in [0.29, 0.717) is 33.8 Å². The van der Waals surface area contributed by atoms with Gasteiger partial charge in [-0.2, -0.15) is 0 Å². The van der Waals surface area contributed by atoms with Crippen LogP contribution in [0.3, 0.4) is 0 Å². The molecule has 2 aromatic rings. The summed E-state index contributed by atoms with van der Waals surface area (Å²) in [5, 5.41) is 5.87. The highest BCUT2D eigenvalue weighted by Crippen LogP contribution is 2.25. The van der Waals surface area contributed by atoms with Crippen LogP contribution in [0.1, 0.15) is 6.92 Å². The molecule has 0 saturated carbocycles. The summed E-state index contributed by atoms with van der Waals surface area (Å²) >= 11 is 11.9. The number of halogens is 2. The van der Waals surface area contributed by atoms with E-state index in [4.69, 9.17) is 27.9 Å². The Hall–Kier alpha value is -2.77. The maximum absolute atomic E-state index is 12.8. The molecule has 0 spiro atoms. The Bertz CT molecular complexity index is 898. The lowest BCUT2D eigenvalue weighted by atomic mass is 10.0. The number of ether oxygens (including phenoxy) is 1. The Morgan fingerprint density at radius 2 is 1.82 bits per heavy atom. The fourth-order valence-corrected chi connectivity index (χ4v) is 3.30. The van der Waals surface area contributed by atoms with Gasteiger partial charge in [-0.25, -0.2) is 9.69 Å². The van der Waals surface area contributed by atoms with Crippen molar-refractivity contribution in [3.05, 3.63) is 52.5 Å². The zero-order valence-electron chi connectivity index (χ0n) is 14.9. The molecule has 0 radical (unpaired) electrons. The Balaban J connectivity index is 1.78. The van der Waals surface area contributed by atoms with Gasteiger partial charge < -0.3 is 15.4 Å². The smallest absolute Gasteiger partial charge is 0.328 e. The van der Waals surface area contributed by atoms with Crippen molar-refractivity contribution in [3.63, 3.8) is 0 Å². The number of hydrogen-bond acceptors (Lipinski definition) is 4. The van der Waals surface area contributed by atoms with Crippen molar-refractivity contribution in [2.45, 2.75) is 6.92 Å². The molecule has 2 N–H and O–H groups in total. The second kappa shape index (κ2) is 8.50. The van der Waals surface area contributed by atoms with Gasteiger partial charge in [0.15, 0.2) is 0 Å². The largest absolute Gasteiger partial charge is 0.494 e. The first-order chi connectivity index (χ1) is 13.4. The standard InChI is InChI=1S/C19H17Cl2N3O4/c1-2-28-15-5-3-14(4-6-15)24-18(26)16(10-22-19(24)27)17(25)23-13-8-11(20)7-12(21)9-13/h3-9,16H,2,10H2,1H3,(H,22,27)(H,23,25). The minimum Gasteiger partial charge on any atom is -0.494 e. The van der Waals surface area contributed by atoms with E-state index in [1.54, 1.807) is 24.3 Å². The third-order valence-electron chi connectivity index (χ3n) is 4.03. The molecule has 2 aromatic carbocycles. The average molecular weight is 422 g/mol. The molecule has 9 heteroatoms. The van der Waals surface area contributed by atoms with Crippen molar-refractivity contribution >= 4 is 52.4 Å². The maximum Gasteiger partial charge on any atom is 0.328 e. The van der Waals surface area contributed by atoms with Gasteiger partial charge in [0.2, 0.25) is 11.8 Å². The Kier molecular flexibility index (Phi) is 6.06.